The van der Waals surface area contributed by atoms with Gasteiger partial charge in [0.25, 0.3) is 0 Å². The maximum atomic E-state index is 13.7. The van der Waals surface area contributed by atoms with Crippen LogP contribution in [0.3, 0.4) is 0 Å². The fourth-order valence-corrected chi connectivity index (χ4v) is 3.85. The van der Waals surface area contributed by atoms with Crippen LogP contribution in [0.25, 0.3) is 0 Å². The third-order valence-corrected chi connectivity index (χ3v) is 6.00. The van der Waals surface area contributed by atoms with Gasteiger partial charge in [-0.25, -0.2) is 9.18 Å². The zero-order valence-electron chi connectivity index (χ0n) is 18.8. The fraction of sp³-hybridized carbons (Fsp3) is 0.440. The SMILES string of the molecule is COc1ccc(CCC(=O)NCCC2CCN(C(=O)Nc3ccc(C)c(F)c3)CC2)cc1. The number of piperidine rings is 1. The summed E-state index contributed by atoms with van der Waals surface area (Å²) in [6.07, 6.45) is 3.88. The lowest BCUT2D eigenvalue weighted by Crippen LogP contribution is -2.41. The van der Waals surface area contributed by atoms with Crippen LogP contribution in [-0.2, 0) is 11.2 Å². The molecule has 1 saturated heterocycles. The Kier molecular flexibility index (Phi) is 8.48. The predicted octanol–water partition coefficient (Wildman–Crippen LogP) is 4.53. The van der Waals surface area contributed by atoms with Crippen molar-refractivity contribution in [2.24, 2.45) is 5.92 Å². The molecule has 2 N–H and O–H groups in total. The molecule has 0 spiro atoms. The van der Waals surface area contributed by atoms with E-state index in [0.29, 0.717) is 49.6 Å². The molecular weight excluding hydrogens is 409 g/mol. The highest BCUT2D eigenvalue weighted by Gasteiger charge is 2.23. The number of nitrogens with one attached hydrogen (secondary N) is 2. The van der Waals surface area contributed by atoms with Crippen molar-refractivity contribution in [3.8, 4) is 5.75 Å². The highest BCUT2D eigenvalue weighted by atomic mass is 19.1. The number of nitrogens with zero attached hydrogens (tertiary/aromatic N) is 1. The van der Waals surface area contributed by atoms with Crippen molar-refractivity contribution < 1.29 is 18.7 Å². The molecule has 0 radical (unpaired) electrons. The summed E-state index contributed by atoms with van der Waals surface area (Å²) in [6.45, 7) is 3.67. The summed E-state index contributed by atoms with van der Waals surface area (Å²) < 4.78 is 18.8. The molecule has 3 rings (SSSR count). The maximum Gasteiger partial charge on any atom is 0.321 e. The number of likely N-dealkylation sites (tertiary alicyclic amines) is 1. The van der Waals surface area contributed by atoms with Crippen LogP contribution in [0.4, 0.5) is 14.9 Å². The molecule has 1 aliphatic heterocycles. The number of aryl methyl sites for hydroxylation is 2. The smallest absolute Gasteiger partial charge is 0.321 e. The first-order valence-electron chi connectivity index (χ1n) is 11.2. The first kappa shape index (κ1) is 23.6. The first-order valence-corrected chi connectivity index (χ1v) is 11.2. The molecule has 3 amide bonds. The van der Waals surface area contributed by atoms with Gasteiger partial charge in [-0.15, -0.1) is 0 Å². The second-order valence-corrected chi connectivity index (χ2v) is 8.31. The molecule has 0 atom stereocenters. The molecule has 7 heteroatoms. The summed E-state index contributed by atoms with van der Waals surface area (Å²) in [5, 5.41) is 5.78. The molecular formula is C25H32FN3O3. The van der Waals surface area contributed by atoms with E-state index in [1.165, 1.54) is 6.07 Å². The van der Waals surface area contributed by atoms with Gasteiger partial charge < -0.3 is 20.3 Å². The number of ether oxygens (including phenoxy) is 1. The Morgan fingerprint density at radius 1 is 1.12 bits per heavy atom. The van der Waals surface area contributed by atoms with Crippen molar-refractivity contribution in [1.82, 2.24) is 10.2 Å². The van der Waals surface area contributed by atoms with Crippen molar-refractivity contribution in [2.45, 2.75) is 39.0 Å². The minimum atomic E-state index is -0.326. The van der Waals surface area contributed by atoms with Crippen molar-refractivity contribution in [3.63, 3.8) is 0 Å². The average Bonchev–Trinajstić information content (AvgIpc) is 2.81. The zero-order valence-corrected chi connectivity index (χ0v) is 18.8. The molecule has 0 bridgehead atoms. The van der Waals surface area contributed by atoms with Crippen LogP contribution < -0.4 is 15.4 Å². The summed E-state index contributed by atoms with van der Waals surface area (Å²) in [7, 11) is 1.63. The molecule has 2 aromatic rings. The van der Waals surface area contributed by atoms with Gasteiger partial charge in [-0.3, -0.25) is 4.79 Å². The second kappa shape index (κ2) is 11.5. The van der Waals surface area contributed by atoms with Crippen LogP contribution >= 0.6 is 0 Å². The van der Waals surface area contributed by atoms with Crippen molar-refractivity contribution in [2.75, 3.05) is 32.1 Å². The number of carbonyl (C=O) groups is 2. The zero-order chi connectivity index (χ0) is 22.9. The van der Waals surface area contributed by atoms with Gasteiger partial charge in [-0.05, 0) is 73.9 Å². The van der Waals surface area contributed by atoms with Crippen LogP contribution in [0, 0.1) is 18.7 Å². The van der Waals surface area contributed by atoms with Gasteiger partial charge in [0, 0.05) is 31.7 Å². The van der Waals surface area contributed by atoms with E-state index in [2.05, 4.69) is 10.6 Å². The van der Waals surface area contributed by atoms with Crippen LogP contribution in [0.5, 0.6) is 5.75 Å². The number of rotatable bonds is 8. The third-order valence-electron chi connectivity index (χ3n) is 6.00. The number of benzene rings is 2. The minimum absolute atomic E-state index is 0.0583. The fourth-order valence-electron chi connectivity index (χ4n) is 3.85. The molecule has 1 aliphatic rings. The van der Waals surface area contributed by atoms with E-state index in [-0.39, 0.29) is 17.8 Å². The molecule has 172 valence electrons. The van der Waals surface area contributed by atoms with E-state index in [4.69, 9.17) is 4.74 Å². The number of hydrogen-bond acceptors (Lipinski definition) is 3. The van der Waals surface area contributed by atoms with Gasteiger partial charge >= 0.3 is 6.03 Å². The Morgan fingerprint density at radius 3 is 2.50 bits per heavy atom. The summed E-state index contributed by atoms with van der Waals surface area (Å²) in [6, 6.07) is 12.3. The number of halogens is 1. The largest absolute Gasteiger partial charge is 0.497 e. The van der Waals surface area contributed by atoms with Crippen LogP contribution in [-0.4, -0.2) is 43.6 Å². The molecule has 1 heterocycles. The van der Waals surface area contributed by atoms with Crippen molar-refractivity contribution >= 4 is 17.6 Å². The monoisotopic (exact) mass is 441 g/mol. The molecule has 32 heavy (non-hydrogen) atoms. The van der Waals surface area contributed by atoms with Gasteiger partial charge in [0.05, 0.1) is 7.11 Å². The van der Waals surface area contributed by atoms with E-state index in [9.17, 15) is 14.0 Å². The third kappa shape index (κ3) is 6.97. The summed E-state index contributed by atoms with van der Waals surface area (Å²) in [4.78, 5) is 26.3. The molecule has 2 aromatic carbocycles. The predicted molar refractivity (Wildman–Crippen MR) is 123 cm³/mol. The molecule has 0 aromatic heterocycles. The number of hydrogen-bond donors (Lipinski definition) is 2. The Bertz CT molecular complexity index is 909. The number of methoxy groups -OCH3 is 1. The lowest BCUT2D eigenvalue weighted by atomic mass is 9.93. The molecule has 6 nitrogen and oxygen atoms in total. The first-order chi connectivity index (χ1) is 15.4. The summed E-state index contributed by atoms with van der Waals surface area (Å²) in [5.41, 5.74) is 2.13. The van der Waals surface area contributed by atoms with Crippen molar-refractivity contribution in [3.05, 3.63) is 59.4 Å². The molecule has 0 unspecified atom stereocenters. The van der Waals surface area contributed by atoms with Gasteiger partial charge in [-0.2, -0.15) is 0 Å². The lowest BCUT2D eigenvalue weighted by molar-refractivity contribution is -0.121. The molecule has 1 fully saturated rings. The highest BCUT2D eigenvalue weighted by molar-refractivity contribution is 5.89. The van der Waals surface area contributed by atoms with E-state index >= 15 is 0 Å². The second-order valence-electron chi connectivity index (χ2n) is 8.31. The maximum absolute atomic E-state index is 13.7. The average molecular weight is 442 g/mol. The van der Waals surface area contributed by atoms with Crippen LogP contribution in [0.1, 0.15) is 36.8 Å². The summed E-state index contributed by atoms with van der Waals surface area (Å²) in [5.74, 6) is 1.03. The van der Waals surface area contributed by atoms with Gasteiger partial charge in [0.15, 0.2) is 0 Å². The van der Waals surface area contributed by atoms with E-state index in [0.717, 1.165) is 30.6 Å². The number of urea groups is 1. The summed E-state index contributed by atoms with van der Waals surface area (Å²) >= 11 is 0. The van der Waals surface area contributed by atoms with Gasteiger partial charge in [-0.1, -0.05) is 18.2 Å². The van der Waals surface area contributed by atoms with Gasteiger partial charge in [0.1, 0.15) is 11.6 Å². The molecule has 0 aliphatic carbocycles. The Hall–Kier alpha value is -3.09. The quantitative estimate of drug-likeness (QED) is 0.633. The standard InChI is InChI=1S/C25H32FN3O3/c1-18-3-7-21(17-23(18)26)28-25(31)29-15-12-20(13-16-29)11-14-27-24(30)10-6-19-4-8-22(32-2)9-5-19/h3-5,7-9,17,20H,6,10-16H2,1-2H3,(H,27,30)(H,28,31). The topological polar surface area (TPSA) is 70.7 Å². The normalized spacial score (nSPS) is 14.2. The van der Waals surface area contributed by atoms with Gasteiger partial charge in [0.2, 0.25) is 5.91 Å². The van der Waals surface area contributed by atoms with Crippen LogP contribution in [0.2, 0.25) is 0 Å². The number of amides is 3. The number of anilines is 1. The van der Waals surface area contributed by atoms with E-state index in [1.807, 2.05) is 24.3 Å². The Balaban J connectivity index is 1.31. The minimum Gasteiger partial charge on any atom is -0.497 e. The molecule has 0 saturated carbocycles. The van der Waals surface area contributed by atoms with Crippen LogP contribution in [0.15, 0.2) is 42.5 Å². The Morgan fingerprint density at radius 2 is 1.84 bits per heavy atom. The number of carbonyl (C=O) groups excluding carboxylic acids is 2. The van der Waals surface area contributed by atoms with E-state index < -0.39 is 0 Å². The van der Waals surface area contributed by atoms with Crippen molar-refractivity contribution in [1.29, 1.82) is 0 Å². The highest BCUT2D eigenvalue weighted by Crippen LogP contribution is 2.21. The Labute approximate surface area is 189 Å². The van der Waals surface area contributed by atoms with E-state index in [1.54, 1.807) is 31.1 Å². The lowest BCUT2D eigenvalue weighted by Gasteiger charge is -2.32.